The van der Waals surface area contributed by atoms with Gasteiger partial charge in [-0.1, -0.05) is 42.5 Å². The van der Waals surface area contributed by atoms with Gasteiger partial charge in [-0.25, -0.2) is 0 Å². The molecular weight excluding hydrogens is 332 g/mol. The first-order valence-electron chi connectivity index (χ1n) is 9.67. The van der Waals surface area contributed by atoms with Crippen LogP contribution >= 0.6 is 0 Å². The molecule has 27 heavy (non-hydrogen) atoms. The minimum Gasteiger partial charge on any atom is -0.454 e. The second-order valence-electron chi connectivity index (χ2n) is 7.23. The van der Waals surface area contributed by atoms with Gasteiger partial charge in [0.25, 0.3) is 0 Å². The zero-order chi connectivity index (χ0) is 19.6. The van der Waals surface area contributed by atoms with Gasteiger partial charge in [0.05, 0.1) is 18.4 Å². The molecule has 0 unspecified atom stereocenters. The molecule has 0 aliphatic carbocycles. The zero-order valence-electron chi connectivity index (χ0n) is 16.8. The van der Waals surface area contributed by atoms with Gasteiger partial charge in [0.2, 0.25) is 0 Å². The van der Waals surface area contributed by atoms with Crippen LogP contribution in [-0.4, -0.2) is 6.02 Å². The van der Waals surface area contributed by atoms with Gasteiger partial charge in [0.15, 0.2) is 11.7 Å². The fourth-order valence-electron chi connectivity index (χ4n) is 4.12. The van der Waals surface area contributed by atoms with Crippen molar-refractivity contribution in [2.24, 2.45) is 0 Å². The molecule has 0 amide bonds. The molecule has 1 aliphatic heterocycles. The standard InChI is InChI=1S/C24H22N2O/c1-15(2)25-17(4)26(21-11-7-6-10-20(21)25)23-16(3)13-14-19-18-9-5-8-12-22(18)27-24(19)23/h5-15H,4H2,1-3H3/i15D. The number of aryl methyl sites for hydroxylation is 1. The van der Waals surface area contributed by atoms with Crippen molar-refractivity contribution >= 4 is 39.0 Å². The Labute approximate surface area is 161 Å². The van der Waals surface area contributed by atoms with E-state index in [2.05, 4.69) is 43.0 Å². The SMILES string of the molecule is [2H]C(C)(C)N1[C]([CH2])N(c2c(C)ccc3c2oc2ccccc23)c2ccccc21. The van der Waals surface area contributed by atoms with Gasteiger partial charge < -0.3 is 14.2 Å². The summed E-state index contributed by atoms with van der Waals surface area (Å²) in [4.78, 5) is 4.11. The molecule has 134 valence electrons. The molecule has 0 N–H and O–H groups in total. The monoisotopic (exact) mass is 355 g/mol. The summed E-state index contributed by atoms with van der Waals surface area (Å²) in [5.74, 6) is 0. The first-order chi connectivity index (χ1) is 13.4. The Morgan fingerprint density at radius 3 is 2.41 bits per heavy atom. The second kappa shape index (κ2) is 5.78. The Kier molecular flexibility index (Phi) is 3.24. The van der Waals surface area contributed by atoms with Crippen molar-refractivity contribution in [3.63, 3.8) is 0 Å². The van der Waals surface area contributed by atoms with E-state index in [-0.39, 0.29) is 0 Å². The highest BCUT2D eigenvalue weighted by atomic mass is 16.3. The number of hydrogen-bond acceptors (Lipinski definition) is 3. The second-order valence-corrected chi connectivity index (χ2v) is 7.23. The maximum Gasteiger partial charge on any atom is 0.161 e. The average Bonchev–Trinajstić information content (AvgIpc) is 3.16. The van der Waals surface area contributed by atoms with Gasteiger partial charge >= 0.3 is 0 Å². The summed E-state index contributed by atoms with van der Waals surface area (Å²) in [6.45, 7) is 10.2. The molecule has 3 aromatic carbocycles. The first-order valence-corrected chi connectivity index (χ1v) is 9.17. The smallest absolute Gasteiger partial charge is 0.161 e. The van der Waals surface area contributed by atoms with Crippen LogP contribution in [0.3, 0.4) is 0 Å². The van der Waals surface area contributed by atoms with E-state index in [0.717, 1.165) is 50.7 Å². The molecule has 2 radical (unpaired) electrons. The van der Waals surface area contributed by atoms with Gasteiger partial charge in [-0.05, 0) is 51.5 Å². The highest BCUT2D eigenvalue weighted by molar-refractivity contribution is 6.11. The van der Waals surface area contributed by atoms with E-state index >= 15 is 0 Å². The first kappa shape index (κ1) is 15.2. The predicted molar refractivity (Wildman–Crippen MR) is 113 cm³/mol. The Bertz CT molecular complexity index is 1200. The van der Waals surface area contributed by atoms with E-state index in [0.29, 0.717) is 0 Å². The topological polar surface area (TPSA) is 19.6 Å². The molecule has 3 nitrogen and oxygen atoms in total. The van der Waals surface area contributed by atoms with E-state index < -0.39 is 6.02 Å². The maximum atomic E-state index is 8.66. The molecule has 0 saturated heterocycles. The van der Waals surface area contributed by atoms with E-state index in [4.69, 9.17) is 5.79 Å². The lowest BCUT2D eigenvalue weighted by Crippen LogP contribution is -2.36. The van der Waals surface area contributed by atoms with Crippen molar-refractivity contribution in [1.29, 1.82) is 0 Å². The molecule has 3 heteroatoms. The van der Waals surface area contributed by atoms with Gasteiger partial charge in [0, 0.05) is 16.8 Å². The fraction of sp³-hybridized carbons (Fsp3) is 0.167. The lowest BCUT2D eigenvalue weighted by atomic mass is 10.1. The van der Waals surface area contributed by atoms with Crippen LogP contribution in [-0.2, 0) is 0 Å². The lowest BCUT2D eigenvalue weighted by Gasteiger charge is -2.32. The molecule has 0 bridgehead atoms. The van der Waals surface area contributed by atoms with Crippen LogP contribution in [0.15, 0.2) is 65.1 Å². The van der Waals surface area contributed by atoms with Crippen LogP contribution in [0.5, 0.6) is 0 Å². The number of para-hydroxylation sites is 3. The van der Waals surface area contributed by atoms with Crippen LogP contribution in [0.1, 0.15) is 20.8 Å². The van der Waals surface area contributed by atoms with Crippen molar-refractivity contribution in [3.05, 3.63) is 79.3 Å². The Balaban J connectivity index is 1.82. The van der Waals surface area contributed by atoms with Crippen LogP contribution in [0.2, 0.25) is 0 Å². The molecule has 1 aromatic heterocycles. The summed E-state index contributed by atoms with van der Waals surface area (Å²) in [6, 6.07) is 19.7. The van der Waals surface area contributed by atoms with Gasteiger partial charge in [-0.2, -0.15) is 0 Å². The number of benzene rings is 3. The van der Waals surface area contributed by atoms with Crippen molar-refractivity contribution in [1.82, 2.24) is 0 Å². The van der Waals surface area contributed by atoms with E-state index in [1.54, 1.807) is 0 Å². The highest BCUT2D eigenvalue weighted by Gasteiger charge is 2.38. The zero-order valence-corrected chi connectivity index (χ0v) is 15.8. The van der Waals surface area contributed by atoms with E-state index in [1.165, 1.54) is 0 Å². The summed E-state index contributed by atoms with van der Waals surface area (Å²) >= 11 is 0. The summed E-state index contributed by atoms with van der Waals surface area (Å²) < 4.78 is 15.0. The van der Waals surface area contributed by atoms with E-state index in [9.17, 15) is 0 Å². The van der Waals surface area contributed by atoms with Crippen molar-refractivity contribution < 1.29 is 5.79 Å². The van der Waals surface area contributed by atoms with Gasteiger partial charge in [-0.3, -0.25) is 0 Å². The highest BCUT2D eigenvalue weighted by Crippen LogP contribution is 2.51. The Morgan fingerprint density at radius 1 is 0.926 bits per heavy atom. The molecule has 4 aromatic rings. The van der Waals surface area contributed by atoms with Crippen LogP contribution in [0.25, 0.3) is 21.9 Å². The largest absolute Gasteiger partial charge is 0.454 e. The third-order valence-corrected chi connectivity index (χ3v) is 5.27. The summed E-state index contributed by atoms with van der Waals surface area (Å²) in [5.41, 5.74) is 5.82. The molecule has 0 saturated carbocycles. The summed E-state index contributed by atoms with van der Waals surface area (Å²) in [6.07, 6.45) is 0.761. The summed E-state index contributed by atoms with van der Waals surface area (Å²) in [5, 5.41) is 2.19. The minimum atomic E-state index is -0.836. The van der Waals surface area contributed by atoms with Crippen LogP contribution in [0.4, 0.5) is 17.1 Å². The third-order valence-electron chi connectivity index (χ3n) is 5.27. The molecule has 0 spiro atoms. The van der Waals surface area contributed by atoms with Gasteiger partial charge in [0.1, 0.15) is 5.58 Å². The van der Waals surface area contributed by atoms with Crippen molar-refractivity contribution in [2.75, 3.05) is 9.80 Å². The van der Waals surface area contributed by atoms with Crippen LogP contribution < -0.4 is 9.80 Å². The number of rotatable bonds is 2. The molecular formula is C24H22N2O. The van der Waals surface area contributed by atoms with E-state index in [1.807, 2.05) is 55.1 Å². The quantitative estimate of drug-likeness (QED) is 0.405. The molecule has 2 heterocycles. The summed E-state index contributed by atoms with van der Waals surface area (Å²) in [7, 11) is 0. The number of furan rings is 1. The molecule has 0 atom stereocenters. The molecule has 0 fully saturated rings. The molecule has 5 rings (SSSR count). The lowest BCUT2D eigenvalue weighted by molar-refractivity contribution is 0.666. The predicted octanol–water partition coefficient (Wildman–Crippen LogP) is 6.58. The fourth-order valence-corrected chi connectivity index (χ4v) is 4.12. The maximum absolute atomic E-state index is 8.66. The minimum absolute atomic E-state index is 0.761. The Morgan fingerprint density at radius 2 is 1.63 bits per heavy atom. The number of anilines is 3. The molecule has 1 aliphatic rings. The van der Waals surface area contributed by atoms with Crippen molar-refractivity contribution in [2.45, 2.75) is 26.8 Å². The Hall–Kier alpha value is -2.94. The van der Waals surface area contributed by atoms with Crippen molar-refractivity contribution in [3.8, 4) is 0 Å². The third kappa shape index (κ3) is 2.21. The number of fused-ring (bicyclic) bond motifs is 4. The normalized spacial score (nSPS) is 15.6. The average molecular weight is 355 g/mol. The van der Waals surface area contributed by atoms with Gasteiger partial charge in [-0.15, -0.1) is 0 Å². The number of hydrogen-bond donors (Lipinski definition) is 0. The number of nitrogens with zero attached hydrogens (tertiary/aromatic N) is 2. The van der Waals surface area contributed by atoms with Crippen LogP contribution in [0, 0.1) is 20.0 Å².